The highest BCUT2D eigenvalue weighted by Crippen LogP contribution is 2.32. The maximum atomic E-state index is 5.41. The van der Waals surface area contributed by atoms with Crippen LogP contribution in [0.2, 0.25) is 0 Å². The summed E-state index contributed by atoms with van der Waals surface area (Å²) in [6, 6.07) is 5.65. The topological polar surface area (TPSA) is 60.0 Å². The lowest BCUT2D eigenvalue weighted by Crippen LogP contribution is -1.91. The first-order chi connectivity index (χ1) is 9.72. The van der Waals surface area contributed by atoms with Crippen LogP contribution in [0.25, 0.3) is 22.4 Å². The maximum absolute atomic E-state index is 5.41. The van der Waals surface area contributed by atoms with Crippen molar-refractivity contribution in [2.45, 2.75) is 6.92 Å². The van der Waals surface area contributed by atoms with E-state index in [4.69, 9.17) is 9.47 Å². The van der Waals surface area contributed by atoms with E-state index in [9.17, 15) is 0 Å². The molecule has 1 aromatic carbocycles. The van der Waals surface area contributed by atoms with Crippen molar-refractivity contribution in [2.24, 2.45) is 0 Å². The van der Waals surface area contributed by atoms with Crippen LogP contribution in [0, 0.1) is 6.92 Å². The normalized spacial score (nSPS) is 10.8. The van der Waals surface area contributed by atoms with E-state index in [0.717, 1.165) is 33.7 Å². The van der Waals surface area contributed by atoms with E-state index in [0.29, 0.717) is 5.75 Å². The number of fused-ring (bicyclic) bond motifs is 1. The highest BCUT2D eigenvalue weighted by molar-refractivity contribution is 5.82. The third kappa shape index (κ3) is 1.97. The number of pyridine rings is 1. The van der Waals surface area contributed by atoms with Crippen LogP contribution >= 0.6 is 0 Å². The van der Waals surface area contributed by atoms with Crippen molar-refractivity contribution >= 4 is 11.0 Å². The predicted molar refractivity (Wildman–Crippen MR) is 77.2 cm³/mol. The van der Waals surface area contributed by atoms with Gasteiger partial charge in [0.15, 0.2) is 0 Å². The van der Waals surface area contributed by atoms with Crippen LogP contribution in [0.15, 0.2) is 30.6 Å². The van der Waals surface area contributed by atoms with E-state index >= 15 is 0 Å². The predicted octanol–water partition coefficient (Wildman–Crippen LogP) is 2.95. The summed E-state index contributed by atoms with van der Waals surface area (Å²) in [5.41, 5.74) is 3.79. The Bertz CT molecular complexity index is 765. The molecule has 2 aromatic heterocycles. The molecular weight excluding hydrogens is 254 g/mol. The van der Waals surface area contributed by atoms with Gasteiger partial charge in [0.05, 0.1) is 31.5 Å². The van der Waals surface area contributed by atoms with Gasteiger partial charge in [0.25, 0.3) is 0 Å². The fraction of sp³-hybridized carbons (Fsp3) is 0.200. The van der Waals surface area contributed by atoms with Crippen LogP contribution in [-0.2, 0) is 0 Å². The average Bonchev–Trinajstić information content (AvgIpc) is 2.92. The second-order valence-electron chi connectivity index (χ2n) is 4.50. The number of aromatic nitrogens is 3. The van der Waals surface area contributed by atoms with Crippen molar-refractivity contribution in [1.82, 2.24) is 15.0 Å². The van der Waals surface area contributed by atoms with Crippen molar-refractivity contribution in [3.63, 3.8) is 0 Å². The lowest BCUT2D eigenvalue weighted by Gasteiger charge is -2.08. The highest BCUT2D eigenvalue weighted by Gasteiger charge is 2.12. The molecular formula is C15H15N3O2. The van der Waals surface area contributed by atoms with E-state index in [1.165, 1.54) is 0 Å². The van der Waals surface area contributed by atoms with Gasteiger partial charge >= 0.3 is 0 Å². The molecule has 0 aliphatic heterocycles. The van der Waals surface area contributed by atoms with Crippen molar-refractivity contribution in [3.8, 4) is 22.9 Å². The molecule has 0 saturated heterocycles. The molecule has 0 atom stereocenters. The Morgan fingerprint density at radius 2 is 1.95 bits per heavy atom. The molecule has 0 aliphatic rings. The molecule has 0 aliphatic carbocycles. The molecule has 0 bridgehead atoms. The van der Waals surface area contributed by atoms with Crippen molar-refractivity contribution in [3.05, 3.63) is 36.2 Å². The average molecular weight is 269 g/mol. The van der Waals surface area contributed by atoms with Gasteiger partial charge < -0.3 is 14.5 Å². The van der Waals surface area contributed by atoms with Gasteiger partial charge in [-0.15, -0.1) is 0 Å². The molecule has 3 rings (SSSR count). The standard InChI is InChI=1S/C15H15N3O2/c1-9-7-16-8-12-14(9)18-15(17-12)11-5-4-10(19-2)6-13(11)20-3/h4-8H,1-3H3,(H,17,18). The van der Waals surface area contributed by atoms with Crippen molar-refractivity contribution in [2.75, 3.05) is 14.2 Å². The summed E-state index contributed by atoms with van der Waals surface area (Å²) in [4.78, 5) is 12.0. The highest BCUT2D eigenvalue weighted by atomic mass is 16.5. The third-order valence-electron chi connectivity index (χ3n) is 3.25. The van der Waals surface area contributed by atoms with Crippen LogP contribution in [0.3, 0.4) is 0 Å². The summed E-state index contributed by atoms with van der Waals surface area (Å²) in [6.07, 6.45) is 3.56. The van der Waals surface area contributed by atoms with Gasteiger partial charge in [-0.2, -0.15) is 0 Å². The maximum Gasteiger partial charge on any atom is 0.142 e. The summed E-state index contributed by atoms with van der Waals surface area (Å²) in [5.74, 6) is 2.23. The van der Waals surface area contributed by atoms with Gasteiger partial charge in [0, 0.05) is 12.3 Å². The van der Waals surface area contributed by atoms with Gasteiger partial charge in [-0.3, -0.25) is 4.98 Å². The molecule has 0 radical (unpaired) electrons. The minimum atomic E-state index is 0.717. The van der Waals surface area contributed by atoms with Gasteiger partial charge in [0.2, 0.25) is 0 Å². The fourth-order valence-electron chi connectivity index (χ4n) is 2.19. The monoisotopic (exact) mass is 269 g/mol. The number of H-pyrrole nitrogens is 1. The molecule has 5 heteroatoms. The van der Waals surface area contributed by atoms with Crippen LogP contribution in [0.5, 0.6) is 11.5 Å². The summed E-state index contributed by atoms with van der Waals surface area (Å²) in [6.45, 7) is 2.00. The largest absolute Gasteiger partial charge is 0.497 e. The molecule has 0 amide bonds. The number of rotatable bonds is 3. The Morgan fingerprint density at radius 3 is 2.65 bits per heavy atom. The van der Waals surface area contributed by atoms with Crippen LogP contribution < -0.4 is 9.47 Å². The van der Waals surface area contributed by atoms with Gasteiger partial charge in [-0.05, 0) is 24.6 Å². The number of nitrogens with one attached hydrogen (secondary N) is 1. The molecule has 2 heterocycles. The van der Waals surface area contributed by atoms with E-state index < -0.39 is 0 Å². The number of hydrogen-bond acceptors (Lipinski definition) is 4. The minimum Gasteiger partial charge on any atom is -0.497 e. The third-order valence-corrected chi connectivity index (χ3v) is 3.25. The van der Waals surface area contributed by atoms with Crippen LogP contribution in [0.4, 0.5) is 0 Å². The molecule has 0 spiro atoms. The number of nitrogens with zero attached hydrogens (tertiary/aromatic N) is 2. The summed E-state index contributed by atoms with van der Waals surface area (Å²) in [5, 5.41) is 0. The first-order valence-electron chi connectivity index (χ1n) is 6.25. The lowest BCUT2D eigenvalue weighted by molar-refractivity contribution is 0.395. The molecule has 0 unspecified atom stereocenters. The lowest BCUT2D eigenvalue weighted by atomic mass is 10.2. The van der Waals surface area contributed by atoms with E-state index in [-0.39, 0.29) is 0 Å². The number of benzene rings is 1. The molecule has 0 saturated carbocycles. The minimum absolute atomic E-state index is 0.717. The molecule has 102 valence electrons. The van der Waals surface area contributed by atoms with Gasteiger partial charge in [-0.1, -0.05) is 0 Å². The zero-order chi connectivity index (χ0) is 14.1. The first-order valence-corrected chi connectivity index (χ1v) is 6.25. The molecule has 0 fully saturated rings. The summed E-state index contributed by atoms with van der Waals surface area (Å²) < 4.78 is 10.6. The van der Waals surface area contributed by atoms with Crippen molar-refractivity contribution in [1.29, 1.82) is 0 Å². The second-order valence-corrected chi connectivity index (χ2v) is 4.50. The smallest absolute Gasteiger partial charge is 0.142 e. The molecule has 5 nitrogen and oxygen atoms in total. The second kappa shape index (κ2) is 4.85. The zero-order valence-corrected chi connectivity index (χ0v) is 11.6. The van der Waals surface area contributed by atoms with Gasteiger partial charge in [0.1, 0.15) is 22.8 Å². The Labute approximate surface area is 116 Å². The van der Waals surface area contributed by atoms with E-state index in [1.807, 2.05) is 31.3 Å². The molecule has 20 heavy (non-hydrogen) atoms. The van der Waals surface area contributed by atoms with Crippen LogP contribution in [0.1, 0.15) is 5.56 Å². The fourth-order valence-corrected chi connectivity index (χ4v) is 2.19. The molecule has 1 N–H and O–H groups in total. The quantitative estimate of drug-likeness (QED) is 0.794. The number of aromatic amines is 1. The summed E-state index contributed by atoms with van der Waals surface area (Å²) in [7, 11) is 3.26. The number of hydrogen-bond donors (Lipinski definition) is 1. The van der Waals surface area contributed by atoms with Crippen LogP contribution in [-0.4, -0.2) is 29.2 Å². The number of ether oxygens (including phenoxy) is 2. The van der Waals surface area contributed by atoms with Crippen molar-refractivity contribution < 1.29 is 9.47 Å². The molecule has 3 aromatic rings. The number of methoxy groups -OCH3 is 2. The van der Waals surface area contributed by atoms with E-state index in [1.54, 1.807) is 20.4 Å². The Kier molecular flexibility index (Phi) is 3.02. The zero-order valence-electron chi connectivity index (χ0n) is 11.6. The summed E-state index contributed by atoms with van der Waals surface area (Å²) >= 11 is 0. The Hall–Kier alpha value is -2.56. The SMILES string of the molecule is COc1ccc(-c2nc3cncc(C)c3[nH]2)c(OC)c1. The first kappa shape index (κ1) is 12.5. The van der Waals surface area contributed by atoms with Gasteiger partial charge in [-0.25, -0.2) is 4.98 Å². The number of aryl methyl sites for hydroxylation is 1. The Balaban J connectivity index is 2.17. The van der Waals surface area contributed by atoms with E-state index in [2.05, 4.69) is 15.0 Å². The number of imidazole rings is 1. The Morgan fingerprint density at radius 1 is 1.10 bits per heavy atom.